The average Bonchev–Trinajstić information content (AvgIpc) is 2.30. The Hall–Kier alpha value is -1.42. The Kier molecular flexibility index (Phi) is 3.19. The van der Waals surface area contributed by atoms with Crippen molar-refractivity contribution < 1.29 is 19.0 Å². The number of carboxylic acid groups (broad SMARTS) is 1. The van der Waals surface area contributed by atoms with E-state index in [4.69, 9.17) is 9.84 Å². The molecule has 4 heteroatoms. The van der Waals surface area contributed by atoms with E-state index in [1.165, 1.54) is 12.1 Å². The average molecular weight is 224 g/mol. The van der Waals surface area contributed by atoms with E-state index >= 15 is 0 Å². The highest BCUT2D eigenvalue weighted by molar-refractivity contribution is 5.71. The highest BCUT2D eigenvalue weighted by Gasteiger charge is 2.32. The lowest BCUT2D eigenvalue weighted by Crippen LogP contribution is -2.32. The van der Waals surface area contributed by atoms with Gasteiger partial charge < -0.3 is 9.84 Å². The topological polar surface area (TPSA) is 46.5 Å². The first-order valence-corrected chi connectivity index (χ1v) is 5.24. The standard InChI is InChI=1S/C12H13FO3/c13-9-3-1-8(2-4-9)10-5-6-16-7-11(10)12(14)15/h1-4,10-11H,5-7H2,(H,14,15)/t10-,11+/m0/s1. The van der Waals surface area contributed by atoms with Gasteiger partial charge in [-0.25, -0.2) is 4.39 Å². The molecule has 1 aliphatic heterocycles. The molecule has 0 bridgehead atoms. The predicted molar refractivity (Wildman–Crippen MR) is 55.7 cm³/mol. The molecule has 1 aliphatic rings. The molecular formula is C12H13FO3. The van der Waals surface area contributed by atoms with Crippen molar-refractivity contribution in [3.63, 3.8) is 0 Å². The maximum Gasteiger partial charge on any atom is 0.309 e. The van der Waals surface area contributed by atoms with Crippen LogP contribution in [0.1, 0.15) is 17.9 Å². The Balaban J connectivity index is 2.23. The van der Waals surface area contributed by atoms with Crippen molar-refractivity contribution >= 4 is 5.97 Å². The molecule has 1 heterocycles. The van der Waals surface area contributed by atoms with Crippen molar-refractivity contribution in [2.75, 3.05) is 13.2 Å². The van der Waals surface area contributed by atoms with Gasteiger partial charge in [0.15, 0.2) is 0 Å². The summed E-state index contributed by atoms with van der Waals surface area (Å²) in [5, 5.41) is 9.07. The maximum absolute atomic E-state index is 12.8. The van der Waals surface area contributed by atoms with Gasteiger partial charge in [-0.3, -0.25) is 4.79 Å². The van der Waals surface area contributed by atoms with Crippen molar-refractivity contribution in [2.24, 2.45) is 5.92 Å². The Labute approximate surface area is 92.9 Å². The Bertz CT molecular complexity index is 374. The molecule has 0 amide bonds. The number of hydrogen-bond donors (Lipinski definition) is 1. The summed E-state index contributed by atoms with van der Waals surface area (Å²) in [6, 6.07) is 6.04. The molecule has 2 rings (SSSR count). The molecule has 0 saturated carbocycles. The van der Waals surface area contributed by atoms with Crippen LogP contribution in [0.3, 0.4) is 0 Å². The summed E-state index contributed by atoms with van der Waals surface area (Å²) in [4.78, 5) is 11.1. The molecular weight excluding hydrogens is 211 g/mol. The number of carbonyl (C=O) groups is 1. The van der Waals surface area contributed by atoms with Crippen LogP contribution >= 0.6 is 0 Å². The number of ether oxygens (including phenoxy) is 1. The fraction of sp³-hybridized carbons (Fsp3) is 0.417. The van der Waals surface area contributed by atoms with Gasteiger partial charge in [0.05, 0.1) is 12.5 Å². The third-order valence-corrected chi connectivity index (χ3v) is 2.97. The monoisotopic (exact) mass is 224 g/mol. The minimum atomic E-state index is -0.853. The second-order valence-corrected chi connectivity index (χ2v) is 3.97. The first-order chi connectivity index (χ1) is 7.68. The third-order valence-electron chi connectivity index (χ3n) is 2.97. The molecule has 0 aliphatic carbocycles. The van der Waals surface area contributed by atoms with E-state index in [1.807, 2.05) is 0 Å². The lowest BCUT2D eigenvalue weighted by molar-refractivity contribution is -0.147. The maximum atomic E-state index is 12.8. The van der Waals surface area contributed by atoms with Gasteiger partial charge in [0.1, 0.15) is 5.82 Å². The van der Waals surface area contributed by atoms with Gasteiger partial charge in [-0.05, 0) is 24.1 Å². The van der Waals surface area contributed by atoms with Gasteiger partial charge in [-0.2, -0.15) is 0 Å². The minimum absolute atomic E-state index is 0.0770. The molecule has 0 aromatic heterocycles. The molecule has 1 fully saturated rings. The molecule has 3 nitrogen and oxygen atoms in total. The minimum Gasteiger partial charge on any atom is -0.481 e. The van der Waals surface area contributed by atoms with Crippen LogP contribution in [-0.2, 0) is 9.53 Å². The van der Waals surface area contributed by atoms with Crippen molar-refractivity contribution in [2.45, 2.75) is 12.3 Å². The SMILES string of the molecule is O=C(O)[C@@H]1COCC[C@H]1c1ccc(F)cc1. The first kappa shape index (κ1) is 11.1. The van der Waals surface area contributed by atoms with Crippen LogP contribution in [-0.4, -0.2) is 24.3 Å². The van der Waals surface area contributed by atoms with Gasteiger partial charge in [0, 0.05) is 12.5 Å². The second-order valence-electron chi connectivity index (χ2n) is 3.97. The van der Waals surface area contributed by atoms with Gasteiger partial charge in [0.25, 0.3) is 0 Å². The number of benzene rings is 1. The summed E-state index contributed by atoms with van der Waals surface area (Å²) >= 11 is 0. The highest BCUT2D eigenvalue weighted by atomic mass is 19.1. The fourth-order valence-electron chi connectivity index (χ4n) is 2.09. The van der Waals surface area contributed by atoms with E-state index in [9.17, 15) is 9.18 Å². The molecule has 86 valence electrons. The molecule has 1 N–H and O–H groups in total. The summed E-state index contributed by atoms with van der Waals surface area (Å²) in [5.74, 6) is -1.76. The van der Waals surface area contributed by atoms with Gasteiger partial charge in [-0.1, -0.05) is 12.1 Å². The number of aliphatic carboxylic acids is 1. The largest absolute Gasteiger partial charge is 0.481 e. The van der Waals surface area contributed by atoms with Gasteiger partial charge >= 0.3 is 5.97 Å². The predicted octanol–water partition coefficient (Wildman–Crippen LogP) is 2.03. The third kappa shape index (κ3) is 2.22. The Morgan fingerprint density at radius 1 is 1.38 bits per heavy atom. The summed E-state index contributed by atoms with van der Waals surface area (Å²) in [6.45, 7) is 0.795. The summed E-state index contributed by atoms with van der Waals surface area (Å²) in [6.07, 6.45) is 0.669. The fourth-order valence-corrected chi connectivity index (χ4v) is 2.09. The second kappa shape index (κ2) is 4.61. The van der Waals surface area contributed by atoms with Crippen LogP contribution in [0.15, 0.2) is 24.3 Å². The normalized spacial score (nSPS) is 25.3. The van der Waals surface area contributed by atoms with Gasteiger partial charge in [0.2, 0.25) is 0 Å². The van der Waals surface area contributed by atoms with Gasteiger partial charge in [-0.15, -0.1) is 0 Å². The van der Waals surface area contributed by atoms with E-state index < -0.39 is 11.9 Å². The zero-order valence-corrected chi connectivity index (χ0v) is 8.73. The van der Waals surface area contributed by atoms with Crippen molar-refractivity contribution in [3.8, 4) is 0 Å². The van der Waals surface area contributed by atoms with Crippen molar-refractivity contribution in [1.29, 1.82) is 0 Å². The zero-order valence-electron chi connectivity index (χ0n) is 8.73. The van der Waals surface area contributed by atoms with Crippen LogP contribution in [0.25, 0.3) is 0 Å². The smallest absolute Gasteiger partial charge is 0.309 e. The number of rotatable bonds is 2. The van der Waals surface area contributed by atoms with E-state index in [2.05, 4.69) is 0 Å². The Morgan fingerprint density at radius 3 is 2.69 bits per heavy atom. The molecule has 0 spiro atoms. The quantitative estimate of drug-likeness (QED) is 0.836. The summed E-state index contributed by atoms with van der Waals surface area (Å²) < 4.78 is 17.9. The van der Waals surface area contributed by atoms with E-state index in [1.54, 1.807) is 12.1 Å². The molecule has 1 saturated heterocycles. The zero-order chi connectivity index (χ0) is 11.5. The number of hydrogen-bond acceptors (Lipinski definition) is 2. The summed E-state index contributed by atoms with van der Waals surface area (Å²) in [5.41, 5.74) is 0.872. The molecule has 2 atom stereocenters. The molecule has 1 aromatic rings. The van der Waals surface area contributed by atoms with Crippen LogP contribution in [0.4, 0.5) is 4.39 Å². The van der Waals surface area contributed by atoms with Crippen molar-refractivity contribution in [1.82, 2.24) is 0 Å². The molecule has 1 aromatic carbocycles. The molecule has 16 heavy (non-hydrogen) atoms. The van der Waals surface area contributed by atoms with E-state index in [-0.39, 0.29) is 18.3 Å². The lowest BCUT2D eigenvalue weighted by atomic mass is 9.83. The molecule has 0 unspecified atom stereocenters. The van der Waals surface area contributed by atoms with E-state index in [0.717, 1.165) is 5.56 Å². The lowest BCUT2D eigenvalue weighted by Gasteiger charge is -2.28. The summed E-state index contributed by atoms with van der Waals surface area (Å²) in [7, 11) is 0. The molecule has 0 radical (unpaired) electrons. The van der Waals surface area contributed by atoms with Crippen LogP contribution in [0.5, 0.6) is 0 Å². The first-order valence-electron chi connectivity index (χ1n) is 5.24. The highest BCUT2D eigenvalue weighted by Crippen LogP contribution is 2.32. The van der Waals surface area contributed by atoms with Crippen molar-refractivity contribution in [3.05, 3.63) is 35.6 Å². The van der Waals surface area contributed by atoms with Crippen LogP contribution in [0, 0.1) is 11.7 Å². The Morgan fingerprint density at radius 2 is 2.06 bits per heavy atom. The van der Waals surface area contributed by atoms with Crippen LogP contribution < -0.4 is 0 Å². The van der Waals surface area contributed by atoms with E-state index in [0.29, 0.717) is 13.0 Å². The number of halogens is 1. The van der Waals surface area contributed by atoms with Crippen LogP contribution in [0.2, 0.25) is 0 Å². The number of carboxylic acids is 1.